The number of carbonyl (C=O) groups is 1. The van der Waals surface area contributed by atoms with Crippen LogP contribution in [0.4, 0.5) is 5.82 Å². The second kappa shape index (κ2) is 5.51. The topological polar surface area (TPSA) is 91.2 Å². The summed E-state index contributed by atoms with van der Waals surface area (Å²) in [6, 6.07) is 1.60. The molecule has 0 atom stereocenters. The number of nitrogen functional groups attached to an aromatic ring is 1. The zero-order valence-electron chi connectivity index (χ0n) is 10.8. The lowest BCUT2D eigenvalue weighted by molar-refractivity contribution is 0.0958. The molecular weight excluding hydrogens is 246 g/mol. The van der Waals surface area contributed by atoms with Gasteiger partial charge in [0, 0.05) is 24.2 Å². The molecule has 0 unspecified atom stereocenters. The fraction of sp³-hybridized carbons (Fsp3) is 0.308. The highest BCUT2D eigenvalue weighted by Crippen LogP contribution is 2.21. The van der Waals surface area contributed by atoms with Gasteiger partial charge in [-0.25, -0.2) is 9.97 Å². The van der Waals surface area contributed by atoms with Crippen molar-refractivity contribution in [3.63, 3.8) is 0 Å². The molecule has 0 fully saturated rings. The van der Waals surface area contributed by atoms with E-state index < -0.39 is 0 Å². The van der Waals surface area contributed by atoms with Crippen LogP contribution in [0.1, 0.15) is 28.9 Å². The first-order valence-corrected chi connectivity index (χ1v) is 5.92. The average Bonchev–Trinajstić information content (AvgIpc) is 2.80. The molecule has 0 aromatic carbocycles. The van der Waals surface area contributed by atoms with Gasteiger partial charge in [-0.2, -0.15) is 0 Å². The molecule has 0 aliphatic heterocycles. The summed E-state index contributed by atoms with van der Waals surface area (Å²) in [6.07, 6.45) is 3.09. The SMILES string of the molecule is CCOc1cc(N)ncc1CC(=O)c1nc(C)co1. The molecule has 0 aliphatic rings. The van der Waals surface area contributed by atoms with Crippen molar-refractivity contribution >= 4 is 11.6 Å². The van der Waals surface area contributed by atoms with E-state index in [4.69, 9.17) is 14.9 Å². The molecule has 0 amide bonds. The molecular formula is C13H15N3O3. The van der Waals surface area contributed by atoms with Crippen molar-refractivity contribution < 1.29 is 13.9 Å². The third-order valence-electron chi connectivity index (χ3n) is 2.47. The van der Waals surface area contributed by atoms with Gasteiger partial charge >= 0.3 is 0 Å². The number of aromatic nitrogens is 2. The van der Waals surface area contributed by atoms with Crippen molar-refractivity contribution in [3.05, 3.63) is 35.7 Å². The maximum absolute atomic E-state index is 12.0. The number of nitrogens with zero attached hydrogens (tertiary/aromatic N) is 2. The number of pyridine rings is 1. The minimum atomic E-state index is -0.222. The molecule has 100 valence electrons. The van der Waals surface area contributed by atoms with Crippen LogP contribution < -0.4 is 10.5 Å². The van der Waals surface area contributed by atoms with Crippen LogP contribution in [0.5, 0.6) is 5.75 Å². The van der Waals surface area contributed by atoms with Gasteiger partial charge in [0.25, 0.3) is 5.89 Å². The van der Waals surface area contributed by atoms with Gasteiger partial charge in [-0.1, -0.05) is 0 Å². The third-order valence-corrected chi connectivity index (χ3v) is 2.47. The van der Waals surface area contributed by atoms with Crippen LogP contribution in [0.15, 0.2) is 22.9 Å². The summed E-state index contributed by atoms with van der Waals surface area (Å²) in [5.41, 5.74) is 6.93. The maximum atomic E-state index is 12.0. The van der Waals surface area contributed by atoms with E-state index in [9.17, 15) is 4.79 Å². The van der Waals surface area contributed by atoms with Crippen molar-refractivity contribution in [3.8, 4) is 5.75 Å². The Morgan fingerprint density at radius 2 is 2.32 bits per heavy atom. The van der Waals surface area contributed by atoms with Crippen LogP contribution >= 0.6 is 0 Å². The summed E-state index contributed by atoms with van der Waals surface area (Å²) in [5.74, 6) is 0.788. The Labute approximate surface area is 110 Å². The van der Waals surface area contributed by atoms with E-state index in [1.165, 1.54) is 12.5 Å². The minimum absolute atomic E-state index is 0.0942. The number of hydrogen-bond acceptors (Lipinski definition) is 6. The summed E-state index contributed by atoms with van der Waals surface area (Å²) in [4.78, 5) is 20.0. The highest BCUT2D eigenvalue weighted by atomic mass is 16.5. The third kappa shape index (κ3) is 3.09. The number of Topliss-reactive ketones (excluding diaryl/α,β-unsaturated/α-hetero) is 1. The predicted molar refractivity (Wildman–Crippen MR) is 69.1 cm³/mol. The molecule has 0 aliphatic carbocycles. The normalized spacial score (nSPS) is 10.4. The van der Waals surface area contributed by atoms with E-state index in [1.54, 1.807) is 13.0 Å². The summed E-state index contributed by atoms with van der Waals surface area (Å²) in [6.45, 7) is 4.11. The van der Waals surface area contributed by atoms with Gasteiger partial charge in [0.2, 0.25) is 5.78 Å². The lowest BCUT2D eigenvalue weighted by Crippen LogP contribution is -2.07. The van der Waals surface area contributed by atoms with E-state index in [-0.39, 0.29) is 18.1 Å². The smallest absolute Gasteiger partial charge is 0.263 e. The Kier molecular flexibility index (Phi) is 3.79. The van der Waals surface area contributed by atoms with Gasteiger partial charge in [0.15, 0.2) is 0 Å². The molecule has 2 rings (SSSR count). The number of carbonyl (C=O) groups excluding carboxylic acids is 1. The molecule has 2 N–H and O–H groups in total. The lowest BCUT2D eigenvalue weighted by Gasteiger charge is -2.09. The van der Waals surface area contributed by atoms with Gasteiger partial charge in [-0.3, -0.25) is 4.79 Å². The number of hydrogen-bond donors (Lipinski definition) is 1. The van der Waals surface area contributed by atoms with Crippen LogP contribution in [-0.2, 0) is 6.42 Å². The van der Waals surface area contributed by atoms with E-state index in [0.717, 1.165) is 0 Å². The zero-order valence-corrected chi connectivity index (χ0v) is 10.8. The van der Waals surface area contributed by atoms with Crippen LogP contribution in [-0.4, -0.2) is 22.4 Å². The number of anilines is 1. The first-order chi connectivity index (χ1) is 9.10. The standard InChI is InChI=1S/C13H15N3O3/c1-3-18-11-5-12(14)15-6-9(11)4-10(17)13-16-8(2)7-19-13/h5-7H,3-4H2,1-2H3,(H2,14,15). The number of ketones is 1. The van der Waals surface area contributed by atoms with Gasteiger partial charge in [-0.15, -0.1) is 0 Å². The second-order valence-corrected chi connectivity index (χ2v) is 4.04. The van der Waals surface area contributed by atoms with Gasteiger partial charge < -0.3 is 14.9 Å². The van der Waals surface area contributed by atoms with Gasteiger partial charge in [-0.05, 0) is 13.8 Å². The summed E-state index contributed by atoms with van der Waals surface area (Å²) in [5, 5.41) is 0. The van der Waals surface area contributed by atoms with E-state index in [1.807, 2.05) is 6.92 Å². The largest absolute Gasteiger partial charge is 0.493 e. The fourth-order valence-corrected chi connectivity index (χ4v) is 1.63. The number of aryl methyl sites for hydroxylation is 1. The molecule has 6 nitrogen and oxygen atoms in total. The van der Waals surface area contributed by atoms with E-state index >= 15 is 0 Å². The zero-order chi connectivity index (χ0) is 13.8. The molecule has 2 heterocycles. The minimum Gasteiger partial charge on any atom is -0.493 e. The van der Waals surface area contributed by atoms with Crippen molar-refractivity contribution in [2.45, 2.75) is 20.3 Å². The monoisotopic (exact) mass is 261 g/mol. The molecule has 0 radical (unpaired) electrons. The number of oxazole rings is 1. The summed E-state index contributed by atoms with van der Waals surface area (Å²) < 4.78 is 10.5. The number of nitrogens with two attached hydrogens (primary N) is 1. The molecule has 0 bridgehead atoms. The van der Waals surface area contributed by atoms with Gasteiger partial charge in [0.05, 0.1) is 12.3 Å². The van der Waals surface area contributed by atoms with E-state index in [2.05, 4.69) is 9.97 Å². The van der Waals surface area contributed by atoms with Crippen LogP contribution in [0.3, 0.4) is 0 Å². The first-order valence-electron chi connectivity index (χ1n) is 5.92. The molecule has 19 heavy (non-hydrogen) atoms. The van der Waals surface area contributed by atoms with Crippen molar-refractivity contribution in [1.29, 1.82) is 0 Å². The predicted octanol–water partition coefficient (Wildman–Crippen LogP) is 1.78. The highest BCUT2D eigenvalue weighted by Gasteiger charge is 2.16. The Morgan fingerprint density at radius 3 is 2.95 bits per heavy atom. The van der Waals surface area contributed by atoms with Crippen molar-refractivity contribution in [2.24, 2.45) is 0 Å². The molecule has 0 saturated carbocycles. The van der Waals surface area contributed by atoms with Crippen molar-refractivity contribution in [2.75, 3.05) is 12.3 Å². The second-order valence-electron chi connectivity index (χ2n) is 4.04. The summed E-state index contributed by atoms with van der Waals surface area (Å²) >= 11 is 0. The Hall–Kier alpha value is -2.37. The molecule has 2 aromatic heterocycles. The highest BCUT2D eigenvalue weighted by molar-refractivity contribution is 5.93. The van der Waals surface area contributed by atoms with Crippen LogP contribution in [0.25, 0.3) is 0 Å². The molecule has 2 aromatic rings. The molecule has 0 spiro atoms. The maximum Gasteiger partial charge on any atom is 0.263 e. The molecule has 0 saturated heterocycles. The average molecular weight is 261 g/mol. The molecule has 6 heteroatoms. The van der Waals surface area contributed by atoms with Crippen LogP contribution in [0, 0.1) is 6.92 Å². The Morgan fingerprint density at radius 1 is 1.53 bits per heavy atom. The fourth-order valence-electron chi connectivity index (χ4n) is 1.63. The first kappa shape index (κ1) is 13.1. The van der Waals surface area contributed by atoms with Crippen LogP contribution in [0.2, 0.25) is 0 Å². The van der Waals surface area contributed by atoms with Gasteiger partial charge in [0.1, 0.15) is 17.8 Å². The number of ether oxygens (including phenoxy) is 1. The van der Waals surface area contributed by atoms with Crippen molar-refractivity contribution in [1.82, 2.24) is 9.97 Å². The number of rotatable bonds is 5. The lowest BCUT2D eigenvalue weighted by atomic mass is 10.1. The summed E-state index contributed by atoms with van der Waals surface area (Å²) in [7, 11) is 0. The Bertz CT molecular complexity index is 593. The van der Waals surface area contributed by atoms with E-state index in [0.29, 0.717) is 29.4 Å². The Balaban J connectivity index is 2.20. The quantitative estimate of drug-likeness (QED) is 0.825.